The van der Waals surface area contributed by atoms with Gasteiger partial charge in [-0.25, -0.2) is 0 Å². The van der Waals surface area contributed by atoms with E-state index in [1.807, 2.05) is 24.3 Å². The molecule has 0 bridgehead atoms. The summed E-state index contributed by atoms with van der Waals surface area (Å²) < 4.78 is 6.67. The molecule has 2 aromatic carbocycles. The van der Waals surface area contributed by atoms with Gasteiger partial charge >= 0.3 is 0 Å². The minimum Gasteiger partial charge on any atom is -0.487 e. The molecular weight excluding hydrogens is 316 g/mol. The van der Waals surface area contributed by atoms with Gasteiger partial charge in [-0.15, -0.1) is 0 Å². The lowest BCUT2D eigenvalue weighted by Gasteiger charge is -2.10. The zero-order chi connectivity index (χ0) is 13.0. The highest BCUT2D eigenvalue weighted by Gasteiger charge is 2.04. The number of rotatable bonds is 4. The average Bonchev–Trinajstić information content (AvgIpc) is 2.39. The van der Waals surface area contributed by atoms with Crippen LogP contribution in [0.4, 0.5) is 0 Å². The van der Waals surface area contributed by atoms with E-state index in [0.29, 0.717) is 17.4 Å². The highest BCUT2D eigenvalue weighted by atomic mass is 79.9. The van der Waals surface area contributed by atoms with Crippen molar-refractivity contribution < 1.29 is 9.84 Å². The Hall–Kier alpha value is -1.03. The predicted octanol–water partition coefficient (Wildman–Crippen LogP) is 4.17. The van der Waals surface area contributed by atoms with Crippen LogP contribution in [0.3, 0.4) is 0 Å². The molecule has 1 N–H and O–H groups in total. The maximum absolute atomic E-state index is 8.99. The fourth-order valence-electron chi connectivity index (χ4n) is 1.53. The highest BCUT2D eigenvalue weighted by molar-refractivity contribution is 9.10. The standard InChI is InChI=1S/C14H12BrClO2/c15-12-4-2-1-3-11(12)9-18-14-6-5-10(8-17)7-13(14)16/h1-7,17H,8-9H2. The van der Waals surface area contributed by atoms with Crippen LogP contribution >= 0.6 is 27.5 Å². The number of hydrogen-bond donors (Lipinski definition) is 1. The second-order valence-electron chi connectivity index (χ2n) is 3.80. The molecule has 2 rings (SSSR count). The van der Waals surface area contributed by atoms with E-state index in [4.69, 9.17) is 21.4 Å². The maximum Gasteiger partial charge on any atom is 0.138 e. The summed E-state index contributed by atoms with van der Waals surface area (Å²) in [5, 5.41) is 9.50. The van der Waals surface area contributed by atoms with Crippen molar-refractivity contribution in [2.24, 2.45) is 0 Å². The van der Waals surface area contributed by atoms with Crippen LogP contribution in [-0.4, -0.2) is 5.11 Å². The molecule has 0 amide bonds. The van der Waals surface area contributed by atoms with Gasteiger partial charge in [0, 0.05) is 10.0 Å². The summed E-state index contributed by atoms with van der Waals surface area (Å²) in [6.45, 7) is 0.420. The van der Waals surface area contributed by atoms with Crippen LogP contribution in [0.5, 0.6) is 5.75 Å². The molecule has 0 saturated carbocycles. The molecule has 0 saturated heterocycles. The monoisotopic (exact) mass is 326 g/mol. The van der Waals surface area contributed by atoms with Crippen molar-refractivity contribution in [2.75, 3.05) is 0 Å². The van der Waals surface area contributed by atoms with Gasteiger partial charge in [0.25, 0.3) is 0 Å². The Morgan fingerprint density at radius 2 is 1.94 bits per heavy atom. The van der Waals surface area contributed by atoms with Gasteiger partial charge in [0.05, 0.1) is 11.6 Å². The van der Waals surface area contributed by atoms with E-state index in [1.165, 1.54) is 0 Å². The summed E-state index contributed by atoms with van der Waals surface area (Å²) in [6.07, 6.45) is 0. The average molecular weight is 328 g/mol. The molecule has 0 aliphatic rings. The summed E-state index contributed by atoms with van der Waals surface area (Å²) in [5.74, 6) is 0.615. The van der Waals surface area contributed by atoms with E-state index in [-0.39, 0.29) is 6.61 Å². The summed E-state index contributed by atoms with van der Waals surface area (Å²) in [7, 11) is 0. The molecule has 4 heteroatoms. The van der Waals surface area contributed by atoms with Crippen molar-refractivity contribution in [3.05, 3.63) is 63.1 Å². The van der Waals surface area contributed by atoms with Gasteiger partial charge in [-0.2, -0.15) is 0 Å². The SMILES string of the molecule is OCc1ccc(OCc2ccccc2Br)c(Cl)c1. The third kappa shape index (κ3) is 3.25. The fourth-order valence-corrected chi connectivity index (χ4v) is 2.19. The Labute approximate surface area is 119 Å². The van der Waals surface area contributed by atoms with Gasteiger partial charge in [-0.05, 0) is 23.8 Å². The van der Waals surface area contributed by atoms with Gasteiger partial charge in [0.15, 0.2) is 0 Å². The zero-order valence-corrected chi connectivity index (χ0v) is 11.9. The summed E-state index contributed by atoms with van der Waals surface area (Å²) in [6, 6.07) is 13.1. The second-order valence-corrected chi connectivity index (χ2v) is 5.06. The Kier molecular flexibility index (Phi) is 4.64. The van der Waals surface area contributed by atoms with E-state index in [0.717, 1.165) is 15.6 Å². The molecule has 0 aliphatic carbocycles. The van der Waals surface area contributed by atoms with Crippen LogP contribution in [0.1, 0.15) is 11.1 Å². The van der Waals surface area contributed by atoms with Crippen molar-refractivity contribution in [3.63, 3.8) is 0 Å². The van der Waals surface area contributed by atoms with E-state index in [9.17, 15) is 0 Å². The van der Waals surface area contributed by atoms with Gasteiger partial charge < -0.3 is 9.84 Å². The van der Waals surface area contributed by atoms with Gasteiger partial charge in [-0.1, -0.05) is 51.8 Å². The zero-order valence-electron chi connectivity index (χ0n) is 9.57. The maximum atomic E-state index is 8.99. The van der Waals surface area contributed by atoms with Crippen LogP contribution in [0.25, 0.3) is 0 Å². The van der Waals surface area contributed by atoms with E-state index in [1.54, 1.807) is 18.2 Å². The minimum atomic E-state index is -0.0236. The molecule has 0 atom stereocenters. The van der Waals surface area contributed by atoms with Crippen molar-refractivity contribution in [1.29, 1.82) is 0 Å². The topological polar surface area (TPSA) is 29.5 Å². The first-order valence-electron chi connectivity index (χ1n) is 5.46. The first-order chi connectivity index (χ1) is 8.70. The van der Waals surface area contributed by atoms with Crippen molar-refractivity contribution in [3.8, 4) is 5.75 Å². The Morgan fingerprint density at radius 3 is 2.61 bits per heavy atom. The molecule has 18 heavy (non-hydrogen) atoms. The number of benzene rings is 2. The van der Waals surface area contributed by atoms with Crippen molar-refractivity contribution >= 4 is 27.5 Å². The number of ether oxygens (including phenoxy) is 1. The van der Waals surface area contributed by atoms with E-state index in [2.05, 4.69) is 15.9 Å². The lowest BCUT2D eigenvalue weighted by molar-refractivity contribution is 0.280. The second kappa shape index (κ2) is 6.23. The molecule has 94 valence electrons. The first-order valence-corrected chi connectivity index (χ1v) is 6.63. The van der Waals surface area contributed by atoms with Gasteiger partial charge in [-0.3, -0.25) is 0 Å². The lowest BCUT2D eigenvalue weighted by atomic mass is 10.2. The third-order valence-corrected chi connectivity index (χ3v) is 3.59. The summed E-state index contributed by atoms with van der Waals surface area (Å²) in [4.78, 5) is 0. The van der Waals surface area contributed by atoms with Crippen molar-refractivity contribution in [1.82, 2.24) is 0 Å². The van der Waals surface area contributed by atoms with E-state index >= 15 is 0 Å². The molecule has 0 radical (unpaired) electrons. The fraction of sp³-hybridized carbons (Fsp3) is 0.143. The molecule has 0 unspecified atom stereocenters. The van der Waals surface area contributed by atoms with Gasteiger partial charge in [0.2, 0.25) is 0 Å². The first kappa shape index (κ1) is 13.4. The number of aliphatic hydroxyl groups excluding tert-OH is 1. The minimum absolute atomic E-state index is 0.0236. The van der Waals surface area contributed by atoms with Gasteiger partial charge in [0.1, 0.15) is 12.4 Å². The molecule has 2 aromatic rings. The quantitative estimate of drug-likeness (QED) is 0.913. The van der Waals surface area contributed by atoms with Crippen LogP contribution in [-0.2, 0) is 13.2 Å². The van der Waals surface area contributed by atoms with Crippen LogP contribution in [0, 0.1) is 0 Å². The number of hydrogen-bond acceptors (Lipinski definition) is 2. The largest absolute Gasteiger partial charge is 0.487 e. The number of halogens is 2. The normalized spacial score (nSPS) is 10.4. The molecule has 0 aliphatic heterocycles. The Balaban J connectivity index is 2.09. The van der Waals surface area contributed by atoms with Crippen molar-refractivity contribution in [2.45, 2.75) is 13.2 Å². The summed E-state index contributed by atoms with van der Waals surface area (Å²) in [5.41, 5.74) is 1.83. The smallest absolute Gasteiger partial charge is 0.138 e. The van der Waals surface area contributed by atoms with Crippen LogP contribution in [0.15, 0.2) is 46.9 Å². The Morgan fingerprint density at radius 1 is 1.17 bits per heavy atom. The molecule has 0 heterocycles. The summed E-state index contributed by atoms with van der Waals surface area (Å²) >= 11 is 9.53. The number of aliphatic hydroxyl groups is 1. The Bertz CT molecular complexity index is 543. The van der Waals surface area contributed by atoms with Crippen LogP contribution < -0.4 is 4.74 Å². The molecule has 2 nitrogen and oxygen atoms in total. The predicted molar refractivity (Wildman–Crippen MR) is 75.8 cm³/mol. The molecular formula is C14H12BrClO2. The molecule has 0 spiro atoms. The third-order valence-electron chi connectivity index (χ3n) is 2.52. The lowest BCUT2D eigenvalue weighted by Crippen LogP contribution is -1.97. The highest BCUT2D eigenvalue weighted by Crippen LogP contribution is 2.27. The van der Waals surface area contributed by atoms with E-state index < -0.39 is 0 Å². The molecule has 0 aromatic heterocycles. The van der Waals surface area contributed by atoms with Crippen LogP contribution in [0.2, 0.25) is 5.02 Å². The molecule has 0 fully saturated rings.